The third-order valence-corrected chi connectivity index (χ3v) is 3.26. The van der Waals surface area contributed by atoms with E-state index in [1.807, 2.05) is 20.8 Å². The number of fused-ring (bicyclic) bond motifs is 1. The monoisotopic (exact) mass is 266 g/mol. The van der Waals surface area contributed by atoms with Crippen molar-refractivity contribution in [3.8, 4) is 0 Å². The lowest BCUT2D eigenvalue weighted by Gasteiger charge is -2.15. The Hall–Kier alpha value is -1.35. The summed E-state index contributed by atoms with van der Waals surface area (Å²) in [5.74, 6) is -0.369. The summed E-state index contributed by atoms with van der Waals surface area (Å²) in [6, 6.07) is 3.07. The van der Waals surface area contributed by atoms with Crippen molar-refractivity contribution in [3.63, 3.8) is 0 Å². The van der Waals surface area contributed by atoms with Gasteiger partial charge in [-0.05, 0) is 38.0 Å². The first kappa shape index (κ1) is 13.1. The fourth-order valence-electron chi connectivity index (χ4n) is 2.18. The summed E-state index contributed by atoms with van der Waals surface area (Å²) in [5, 5.41) is 4.42. The maximum Gasteiger partial charge on any atom is 0.150 e. The molecule has 0 spiro atoms. The van der Waals surface area contributed by atoms with E-state index in [2.05, 4.69) is 10.3 Å². The largest absolute Gasteiger partial charge is 0.385 e. The maximum absolute atomic E-state index is 13.9. The molecule has 0 amide bonds. The van der Waals surface area contributed by atoms with Crippen LogP contribution in [0.15, 0.2) is 12.1 Å². The number of anilines is 1. The quantitative estimate of drug-likeness (QED) is 0.894. The predicted molar refractivity (Wildman–Crippen MR) is 75.0 cm³/mol. The summed E-state index contributed by atoms with van der Waals surface area (Å²) in [6.07, 6.45) is 0.780. The Bertz CT molecular complexity index is 596. The van der Waals surface area contributed by atoms with Gasteiger partial charge < -0.3 is 5.32 Å². The van der Waals surface area contributed by atoms with Crippen molar-refractivity contribution in [2.45, 2.75) is 27.2 Å². The van der Waals surface area contributed by atoms with Crippen LogP contribution in [0.4, 0.5) is 10.1 Å². The Morgan fingerprint density at radius 2 is 2.06 bits per heavy atom. The van der Waals surface area contributed by atoms with Crippen molar-refractivity contribution in [2.24, 2.45) is 0 Å². The number of nitrogens with zero attached hydrogens (tertiary/aromatic N) is 1. The average Bonchev–Trinajstić information content (AvgIpc) is 2.33. The van der Waals surface area contributed by atoms with E-state index in [0.717, 1.165) is 35.3 Å². The van der Waals surface area contributed by atoms with Gasteiger partial charge in [0.05, 0.1) is 0 Å². The highest BCUT2D eigenvalue weighted by atomic mass is 35.5. The minimum Gasteiger partial charge on any atom is -0.385 e. The molecule has 1 heterocycles. The first-order valence-electron chi connectivity index (χ1n) is 6.10. The van der Waals surface area contributed by atoms with E-state index in [9.17, 15) is 4.39 Å². The highest BCUT2D eigenvalue weighted by molar-refractivity contribution is 6.31. The van der Waals surface area contributed by atoms with Crippen LogP contribution >= 0.6 is 11.6 Å². The molecular weight excluding hydrogens is 251 g/mol. The van der Waals surface area contributed by atoms with E-state index in [-0.39, 0.29) is 5.82 Å². The zero-order valence-electron chi connectivity index (χ0n) is 10.8. The number of aryl methyl sites for hydroxylation is 1. The third kappa shape index (κ3) is 2.15. The highest BCUT2D eigenvalue weighted by Gasteiger charge is 2.14. The number of benzene rings is 1. The van der Waals surface area contributed by atoms with Gasteiger partial charge in [0, 0.05) is 28.3 Å². The molecule has 2 rings (SSSR count). The molecule has 1 N–H and O–H groups in total. The van der Waals surface area contributed by atoms with Crippen molar-refractivity contribution in [1.82, 2.24) is 4.98 Å². The minimum atomic E-state index is -0.369. The molecule has 0 unspecified atom stereocenters. The molecule has 0 aliphatic rings. The molecule has 0 saturated heterocycles. The molecule has 0 bridgehead atoms. The smallest absolute Gasteiger partial charge is 0.150 e. The Balaban J connectivity index is 2.86. The van der Waals surface area contributed by atoms with Gasteiger partial charge >= 0.3 is 0 Å². The molecule has 2 nitrogen and oxygen atoms in total. The highest BCUT2D eigenvalue weighted by Crippen LogP contribution is 2.32. The van der Waals surface area contributed by atoms with Gasteiger partial charge in [0.2, 0.25) is 0 Å². The number of pyridine rings is 1. The van der Waals surface area contributed by atoms with Crippen LogP contribution in [0.3, 0.4) is 0 Å². The number of hydrogen-bond acceptors (Lipinski definition) is 2. The van der Waals surface area contributed by atoms with Crippen molar-refractivity contribution in [3.05, 3.63) is 34.2 Å². The van der Waals surface area contributed by atoms with Crippen LogP contribution in [0.2, 0.25) is 5.02 Å². The molecule has 0 saturated carbocycles. The Morgan fingerprint density at radius 3 is 2.67 bits per heavy atom. The van der Waals surface area contributed by atoms with Crippen molar-refractivity contribution < 1.29 is 4.39 Å². The molecule has 2 aromatic rings. The van der Waals surface area contributed by atoms with Crippen molar-refractivity contribution in [2.75, 3.05) is 11.9 Å². The lowest BCUT2D eigenvalue weighted by molar-refractivity contribution is 0.636. The van der Waals surface area contributed by atoms with E-state index in [1.165, 1.54) is 6.07 Å². The van der Waals surface area contributed by atoms with E-state index >= 15 is 0 Å². The van der Waals surface area contributed by atoms with Crippen molar-refractivity contribution in [1.29, 1.82) is 0 Å². The lowest BCUT2D eigenvalue weighted by Crippen LogP contribution is -2.05. The minimum absolute atomic E-state index is 0.369. The van der Waals surface area contributed by atoms with Crippen LogP contribution in [-0.2, 0) is 6.42 Å². The van der Waals surface area contributed by atoms with Gasteiger partial charge in [-0.2, -0.15) is 0 Å². The summed E-state index contributed by atoms with van der Waals surface area (Å²) in [6.45, 7) is 6.81. The molecule has 1 aromatic carbocycles. The van der Waals surface area contributed by atoms with Gasteiger partial charge in [-0.25, -0.2) is 9.37 Å². The Kier molecular flexibility index (Phi) is 3.71. The van der Waals surface area contributed by atoms with E-state index < -0.39 is 0 Å². The number of halogens is 2. The van der Waals surface area contributed by atoms with E-state index in [0.29, 0.717) is 10.5 Å². The van der Waals surface area contributed by atoms with Crippen LogP contribution in [0.1, 0.15) is 25.1 Å². The summed E-state index contributed by atoms with van der Waals surface area (Å²) >= 11 is 5.93. The molecule has 0 atom stereocenters. The molecule has 4 heteroatoms. The normalized spacial score (nSPS) is 10.9. The summed E-state index contributed by atoms with van der Waals surface area (Å²) in [5.41, 5.74) is 3.30. The van der Waals surface area contributed by atoms with Crippen LogP contribution in [0, 0.1) is 12.7 Å². The summed E-state index contributed by atoms with van der Waals surface area (Å²) in [4.78, 5) is 4.40. The Morgan fingerprint density at radius 1 is 1.33 bits per heavy atom. The van der Waals surface area contributed by atoms with Gasteiger partial charge in [0.1, 0.15) is 5.52 Å². The number of hydrogen-bond donors (Lipinski definition) is 1. The molecular formula is C14H16ClFN2. The maximum atomic E-state index is 13.9. The standard InChI is InChI=1S/C14H16ClFN2/c1-4-12-8(3)13(17-5-2)10-6-9(15)7-11(16)14(10)18-12/h6-7H,4-5H2,1-3H3,(H,17,18). The van der Waals surface area contributed by atoms with Gasteiger partial charge in [-0.15, -0.1) is 0 Å². The number of aromatic nitrogens is 1. The third-order valence-electron chi connectivity index (χ3n) is 3.04. The summed E-state index contributed by atoms with van der Waals surface area (Å²) in [7, 11) is 0. The molecule has 0 fully saturated rings. The van der Waals surface area contributed by atoms with Crippen LogP contribution in [0.25, 0.3) is 10.9 Å². The van der Waals surface area contributed by atoms with E-state index in [4.69, 9.17) is 11.6 Å². The number of rotatable bonds is 3. The first-order valence-corrected chi connectivity index (χ1v) is 6.48. The molecule has 0 aliphatic heterocycles. The van der Waals surface area contributed by atoms with Crippen LogP contribution < -0.4 is 5.32 Å². The Labute approximate surface area is 111 Å². The van der Waals surface area contributed by atoms with Gasteiger partial charge in [-0.1, -0.05) is 18.5 Å². The van der Waals surface area contributed by atoms with Gasteiger partial charge in [-0.3, -0.25) is 0 Å². The predicted octanol–water partition coefficient (Wildman–Crippen LogP) is 4.33. The first-order chi connectivity index (χ1) is 8.58. The lowest BCUT2D eigenvalue weighted by atomic mass is 10.0. The zero-order valence-corrected chi connectivity index (χ0v) is 11.5. The van der Waals surface area contributed by atoms with Gasteiger partial charge in [0.25, 0.3) is 0 Å². The SMILES string of the molecule is CCNc1c(C)c(CC)nc2c(F)cc(Cl)cc12. The topological polar surface area (TPSA) is 24.9 Å². The van der Waals surface area contributed by atoms with Gasteiger partial charge in [0.15, 0.2) is 5.82 Å². The average molecular weight is 267 g/mol. The second kappa shape index (κ2) is 5.11. The molecule has 18 heavy (non-hydrogen) atoms. The second-order valence-corrected chi connectivity index (χ2v) is 4.66. The molecule has 0 aliphatic carbocycles. The zero-order chi connectivity index (χ0) is 13.3. The van der Waals surface area contributed by atoms with Crippen LogP contribution in [-0.4, -0.2) is 11.5 Å². The summed E-state index contributed by atoms with van der Waals surface area (Å²) < 4.78 is 13.9. The molecule has 96 valence electrons. The molecule has 1 aromatic heterocycles. The van der Waals surface area contributed by atoms with E-state index in [1.54, 1.807) is 6.07 Å². The van der Waals surface area contributed by atoms with Crippen LogP contribution in [0.5, 0.6) is 0 Å². The fraction of sp³-hybridized carbons (Fsp3) is 0.357. The molecule has 0 radical (unpaired) electrons. The second-order valence-electron chi connectivity index (χ2n) is 4.23. The number of nitrogens with one attached hydrogen (secondary N) is 1. The fourth-order valence-corrected chi connectivity index (χ4v) is 2.39. The van der Waals surface area contributed by atoms with Crippen molar-refractivity contribution >= 4 is 28.2 Å².